The van der Waals surface area contributed by atoms with E-state index in [0.717, 1.165) is 6.42 Å². The predicted molar refractivity (Wildman–Crippen MR) is 67.7 cm³/mol. The summed E-state index contributed by atoms with van der Waals surface area (Å²) in [6, 6.07) is 0. The molecule has 0 aliphatic heterocycles. The van der Waals surface area contributed by atoms with E-state index >= 15 is 0 Å². The summed E-state index contributed by atoms with van der Waals surface area (Å²) in [6.07, 6.45) is 13.9. The van der Waals surface area contributed by atoms with Crippen LogP contribution < -0.4 is 0 Å². The van der Waals surface area contributed by atoms with Crippen LogP contribution in [-0.2, 0) is 36.2 Å². The summed E-state index contributed by atoms with van der Waals surface area (Å²) in [7, 11) is -5.17. The van der Waals surface area contributed by atoms with E-state index in [4.69, 9.17) is 17.5 Å². The maximum Gasteiger partial charge on any atom is 3.00 e. The van der Waals surface area contributed by atoms with Crippen molar-refractivity contribution in [2.45, 2.75) is 71.1 Å². The molecule has 0 unspecified atom stereocenters. The summed E-state index contributed by atoms with van der Waals surface area (Å²) >= 11 is 0. The van der Waals surface area contributed by atoms with Gasteiger partial charge < -0.3 is 16.0 Å². The minimum atomic E-state index is -5.17. The minimum Gasteiger partial charge on any atom is -0.759 e. The molecule has 0 saturated heterocycles. The van der Waals surface area contributed by atoms with Crippen molar-refractivity contribution in [3.63, 3.8) is 0 Å². The minimum absolute atomic E-state index is 0. The predicted octanol–water partition coefficient (Wildman–Crippen LogP) is 3.40. The standard InChI is InChI=1S/C12H25.H2O4S.Sc/c1-3-5-7-9-11-12-10-8-6-4-2;1-5(2,3)4;/h1,3-12H2,2H3;(H2,1,2,3,4);/q-1;;+3/p-2. The van der Waals surface area contributed by atoms with Crippen LogP contribution in [0, 0.1) is 6.92 Å². The molecule has 0 aromatic carbocycles. The molecule has 0 aliphatic rings. The van der Waals surface area contributed by atoms with Crippen molar-refractivity contribution in [2.24, 2.45) is 0 Å². The molecular weight excluding hydrogens is 285 g/mol. The Morgan fingerprint density at radius 3 is 1.39 bits per heavy atom. The molecule has 0 heterocycles. The van der Waals surface area contributed by atoms with Gasteiger partial charge in [-0.1, -0.05) is 64.7 Å². The third-order valence-corrected chi connectivity index (χ3v) is 2.35. The molecule has 0 rings (SSSR count). The molecule has 0 radical (unpaired) electrons. The maximum atomic E-state index is 8.52. The summed E-state index contributed by atoms with van der Waals surface area (Å²) in [5.74, 6) is 0. The van der Waals surface area contributed by atoms with Crippen molar-refractivity contribution < 1.29 is 43.4 Å². The largest absolute Gasteiger partial charge is 3.00 e. The average molecular weight is 310 g/mol. The Bertz CT molecular complexity index is 212. The van der Waals surface area contributed by atoms with E-state index in [0.29, 0.717) is 0 Å². The molecule has 0 amide bonds. The second kappa shape index (κ2) is 17.7. The van der Waals surface area contributed by atoms with Crippen LogP contribution in [0.25, 0.3) is 0 Å². The molecule has 0 bridgehead atoms. The van der Waals surface area contributed by atoms with Gasteiger partial charge in [-0.05, 0) is 0 Å². The van der Waals surface area contributed by atoms with E-state index in [2.05, 4.69) is 13.8 Å². The monoisotopic (exact) mass is 310 g/mol. The summed E-state index contributed by atoms with van der Waals surface area (Å²) in [5.41, 5.74) is 0. The molecule has 0 N–H and O–H groups in total. The van der Waals surface area contributed by atoms with Gasteiger partial charge in [0.25, 0.3) is 0 Å². The van der Waals surface area contributed by atoms with Crippen LogP contribution in [0.3, 0.4) is 0 Å². The number of hydrogen-bond donors (Lipinski definition) is 0. The van der Waals surface area contributed by atoms with Gasteiger partial charge >= 0.3 is 25.8 Å². The van der Waals surface area contributed by atoms with Gasteiger partial charge in [0, 0.05) is 10.4 Å². The van der Waals surface area contributed by atoms with Crippen molar-refractivity contribution in [1.29, 1.82) is 0 Å². The fourth-order valence-corrected chi connectivity index (χ4v) is 1.49. The van der Waals surface area contributed by atoms with Crippen molar-refractivity contribution >= 4 is 10.4 Å². The molecule has 0 atom stereocenters. The normalized spacial score (nSPS) is 10.2. The zero-order valence-electron chi connectivity index (χ0n) is 11.4. The van der Waals surface area contributed by atoms with Gasteiger partial charge in [0.2, 0.25) is 0 Å². The summed E-state index contributed by atoms with van der Waals surface area (Å²) in [5, 5.41) is 0. The molecule has 6 heteroatoms. The topological polar surface area (TPSA) is 80.3 Å². The third-order valence-electron chi connectivity index (χ3n) is 2.35. The molecule has 18 heavy (non-hydrogen) atoms. The Balaban J connectivity index is -0.000000321. The van der Waals surface area contributed by atoms with Gasteiger partial charge in [0.05, 0.1) is 0 Å². The SMILES string of the molecule is O=S(=O)([O-])[O-].[CH2-]CCCCCCCCCCC.[Sc+3]. The quantitative estimate of drug-likeness (QED) is 0.283. The molecule has 4 nitrogen and oxygen atoms in total. The van der Waals surface area contributed by atoms with E-state index in [1.165, 1.54) is 57.8 Å². The summed E-state index contributed by atoms with van der Waals surface area (Å²) in [4.78, 5) is 0. The maximum absolute atomic E-state index is 8.52. The van der Waals surface area contributed by atoms with Crippen molar-refractivity contribution in [2.75, 3.05) is 0 Å². The molecule has 0 saturated carbocycles. The van der Waals surface area contributed by atoms with E-state index in [1.54, 1.807) is 0 Å². The van der Waals surface area contributed by atoms with Crippen molar-refractivity contribution in [1.82, 2.24) is 0 Å². The van der Waals surface area contributed by atoms with Crippen LogP contribution in [0.1, 0.15) is 71.1 Å². The average Bonchev–Trinajstić information content (AvgIpc) is 2.20. The van der Waals surface area contributed by atoms with E-state index in [-0.39, 0.29) is 25.8 Å². The van der Waals surface area contributed by atoms with Crippen molar-refractivity contribution in [3.8, 4) is 0 Å². The van der Waals surface area contributed by atoms with E-state index in [9.17, 15) is 0 Å². The Morgan fingerprint density at radius 2 is 1.11 bits per heavy atom. The number of rotatable bonds is 9. The molecule has 0 aromatic heterocycles. The van der Waals surface area contributed by atoms with E-state index < -0.39 is 10.4 Å². The Hall–Kier alpha value is 0.740. The Labute approximate surface area is 131 Å². The summed E-state index contributed by atoms with van der Waals surface area (Å²) < 4.78 is 34.1. The molecule has 0 aliphatic carbocycles. The Morgan fingerprint density at radius 1 is 0.833 bits per heavy atom. The molecule has 0 aromatic rings. The fourth-order valence-electron chi connectivity index (χ4n) is 1.49. The number of unbranched alkanes of at least 4 members (excludes halogenated alkanes) is 9. The molecule has 0 spiro atoms. The van der Waals surface area contributed by atoms with Crippen LogP contribution in [0.15, 0.2) is 0 Å². The third kappa shape index (κ3) is 43.7. The first-order chi connectivity index (χ1) is 7.91. The van der Waals surface area contributed by atoms with Crippen LogP contribution >= 0.6 is 0 Å². The van der Waals surface area contributed by atoms with Gasteiger partial charge in [-0.2, -0.15) is 6.42 Å². The molecular formula is C12H25O4SSc. The first-order valence-electron chi connectivity index (χ1n) is 6.37. The smallest absolute Gasteiger partial charge is 0.759 e. The molecule has 106 valence electrons. The van der Waals surface area contributed by atoms with Crippen molar-refractivity contribution in [3.05, 3.63) is 6.92 Å². The van der Waals surface area contributed by atoms with Crippen LogP contribution in [0.2, 0.25) is 0 Å². The second-order valence-corrected chi connectivity index (χ2v) is 4.91. The molecule has 0 fully saturated rings. The van der Waals surface area contributed by atoms with E-state index in [1.807, 2.05) is 0 Å². The van der Waals surface area contributed by atoms with Gasteiger partial charge in [0.15, 0.2) is 0 Å². The zero-order chi connectivity index (χ0) is 13.6. The van der Waals surface area contributed by atoms with Crippen LogP contribution in [-0.4, -0.2) is 17.5 Å². The first kappa shape index (κ1) is 23.8. The Kier molecular flexibility index (Phi) is 23.5. The zero-order valence-corrected chi connectivity index (χ0v) is 14.0. The first-order valence-corrected chi connectivity index (χ1v) is 7.71. The van der Waals surface area contributed by atoms with Gasteiger partial charge in [-0.25, -0.2) is 0 Å². The second-order valence-electron chi connectivity index (χ2n) is 4.09. The van der Waals surface area contributed by atoms with Crippen LogP contribution in [0.5, 0.6) is 0 Å². The number of hydrogen-bond acceptors (Lipinski definition) is 4. The van der Waals surface area contributed by atoms with Crippen LogP contribution in [0.4, 0.5) is 0 Å². The fraction of sp³-hybridized carbons (Fsp3) is 0.917. The van der Waals surface area contributed by atoms with Gasteiger partial charge in [-0.3, -0.25) is 8.42 Å². The van der Waals surface area contributed by atoms with Gasteiger partial charge in [-0.15, -0.1) is 0 Å². The summed E-state index contributed by atoms with van der Waals surface area (Å²) in [6.45, 7) is 6.12. The van der Waals surface area contributed by atoms with Gasteiger partial charge in [0.1, 0.15) is 0 Å².